The molecule has 0 spiro atoms. The molecule has 4 rings (SSSR count). The number of hydrogen-bond acceptors (Lipinski definition) is 4. The van der Waals surface area contributed by atoms with Crippen LogP contribution in [-0.2, 0) is 4.79 Å². The topological polar surface area (TPSA) is 40.9 Å². The number of fused-ring (bicyclic) bond motifs is 1. The lowest BCUT2D eigenvalue weighted by Crippen LogP contribution is -2.45. The number of likely N-dealkylation sites (N-methyl/N-ethyl adjacent to an activating group) is 1. The van der Waals surface area contributed by atoms with Crippen molar-refractivity contribution in [2.75, 3.05) is 32.1 Å². The molecule has 5 heteroatoms. The van der Waals surface area contributed by atoms with E-state index in [0.29, 0.717) is 18.0 Å². The summed E-state index contributed by atoms with van der Waals surface area (Å²) in [5, 5.41) is 0. The standard InChI is InChI=1S/C27H34N4O/c1-6-26(32)24(25-18-31-16-19(2)9-12-27(31)28-25)15-21-10-11-22(14-20(21)3)30-13-7-8-23(17-30)29(4)5/h9-12,14-16,18,23H,6-8,13,17H2,1-5H3/b24-15-. The zero-order valence-corrected chi connectivity index (χ0v) is 19.9. The van der Waals surface area contributed by atoms with Gasteiger partial charge in [-0.1, -0.05) is 19.1 Å². The average molecular weight is 431 g/mol. The largest absolute Gasteiger partial charge is 0.370 e. The number of aryl methyl sites for hydroxylation is 2. The van der Waals surface area contributed by atoms with Gasteiger partial charge in [-0.2, -0.15) is 0 Å². The molecule has 1 aromatic carbocycles. The minimum absolute atomic E-state index is 0.110. The van der Waals surface area contributed by atoms with Gasteiger partial charge in [0.15, 0.2) is 5.78 Å². The fourth-order valence-electron chi connectivity index (χ4n) is 4.51. The van der Waals surface area contributed by atoms with Crippen molar-refractivity contribution in [1.82, 2.24) is 14.3 Å². The molecule has 32 heavy (non-hydrogen) atoms. The van der Waals surface area contributed by atoms with Gasteiger partial charge in [-0.05, 0) is 81.7 Å². The first kappa shape index (κ1) is 22.3. The molecule has 1 saturated heterocycles. The van der Waals surface area contributed by atoms with E-state index in [-0.39, 0.29) is 5.78 Å². The Kier molecular flexibility index (Phi) is 6.47. The predicted octanol–water partition coefficient (Wildman–Crippen LogP) is 5.00. The molecule has 2 aromatic heterocycles. The molecule has 168 valence electrons. The number of allylic oxidation sites excluding steroid dienone is 1. The molecule has 1 atom stereocenters. The maximum Gasteiger partial charge on any atom is 0.164 e. The Morgan fingerprint density at radius 3 is 2.72 bits per heavy atom. The van der Waals surface area contributed by atoms with Gasteiger partial charge in [-0.3, -0.25) is 4.79 Å². The molecular weight excluding hydrogens is 396 g/mol. The fourth-order valence-corrected chi connectivity index (χ4v) is 4.51. The van der Waals surface area contributed by atoms with Crippen LogP contribution in [0.4, 0.5) is 5.69 Å². The van der Waals surface area contributed by atoms with Crippen molar-refractivity contribution in [3.8, 4) is 0 Å². The molecule has 1 aliphatic rings. The van der Waals surface area contributed by atoms with Crippen LogP contribution in [0.2, 0.25) is 0 Å². The van der Waals surface area contributed by atoms with Crippen LogP contribution in [0.25, 0.3) is 17.3 Å². The van der Waals surface area contributed by atoms with Crippen molar-refractivity contribution in [2.24, 2.45) is 0 Å². The number of rotatable bonds is 6. The first-order valence-electron chi connectivity index (χ1n) is 11.6. The minimum Gasteiger partial charge on any atom is -0.370 e. The van der Waals surface area contributed by atoms with Crippen LogP contribution in [0.15, 0.2) is 42.7 Å². The van der Waals surface area contributed by atoms with Crippen LogP contribution < -0.4 is 4.90 Å². The summed E-state index contributed by atoms with van der Waals surface area (Å²) in [7, 11) is 4.33. The molecule has 0 amide bonds. The average Bonchev–Trinajstić information content (AvgIpc) is 3.20. The van der Waals surface area contributed by atoms with Gasteiger partial charge >= 0.3 is 0 Å². The number of anilines is 1. The molecule has 3 aromatic rings. The van der Waals surface area contributed by atoms with Crippen molar-refractivity contribution >= 4 is 28.8 Å². The molecular formula is C27H34N4O. The van der Waals surface area contributed by atoms with E-state index in [1.807, 2.05) is 41.9 Å². The Hall–Kier alpha value is -2.92. The summed E-state index contributed by atoms with van der Waals surface area (Å²) in [5.41, 5.74) is 6.93. The maximum atomic E-state index is 12.9. The smallest absolute Gasteiger partial charge is 0.164 e. The van der Waals surface area contributed by atoms with Crippen molar-refractivity contribution in [2.45, 2.75) is 46.1 Å². The van der Waals surface area contributed by atoms with Gasteiger partial charge in [-0.15, -0.1) is 0 Å². The minimum atomic E-state index is 0.110. The van der Waals surface area contributed by atoms with Crippen molar-refractivity contribution in [3.63, 3.8) is 0 Å². The van der Waals surface area contributed by atoms with Gasteiger partial charge in [0.2, 0.25) is 0 Å². The lowest BCUT2D eigenvalue weighted by Gasteiger charge is -2.37. The summed E-state index contributed by atoms with van der Waals surface area (Å²) < 4.78 is 1.99. The zero-order chi connectivity index (χ0) is 22.8. The molecule has 3 heterocycles. The molecule has 1 unspecified atom stereocenters. The zero-order valence-electron chi connectivity index (χ0n) is 19.9. The monoisotopic (exact) mass is 430 g/mol. The van der Waals surface area contributed by atoms with Crippen molar-refractivity contribution in [3.05, 3.63) is 65.1 Å². The lowest BCUT2D eigenvalue weighted by molar-refractivity contribution is -0.113. The van der Waals surface area contributed by atoms with Gasteiger partial charge in [-0.25, -0.2) is 4.98 Å². The summed E-state index contributed by atoms with van der Waals surface area (Å²) in [6.45, 7) is 8.25. The number of imidazole rings is 1. The van der Waals surface area contributed by atoms with E-state index in [1.165, 1.54) is 24.1 Å². The molecule has 0 bridgehead atoms. The van der Waals surface area contributed by atoms with Crippen LogP contribution in [0.3, 0.4) is 0 Å². The number of benzene rings is 1. The van der Waals surface area contributed by atoms with Crippen molar-refractivity contribution < 1.29 is 4.79 Å². The number of nitrogens with zero attached hydrogens (tertiary/aromatic N) is 4. The Balaban J connectivity index is 1.66. The molecule has 0 saturated carbocycles. The Morgan fingerprint density at radius 1 is 1.19 bits per heavy atom. The molecule has 1 aliphatic heterocycles. The highest BCUT2D eigenvalue weighted by atomic mass is 16.1. The quantitative estimate of drug-likeness (QED) is 0.516. The Bertz CT molecular complexity index is 1160. The fraction of sp³-hybridized carbons (Fsp3) is 0.407. The SMILES string of the molecule is CCC(=O)/C(=C\c1ccc(N2CCCC(N(C)C)C2)cc1C)c1cn2cc(C)ccc2n1. The van der Waals surface area contributed by atoms with Crippen LogP contribution in [0.5, 0.6) is 0 Å². The Morgan fingerprint density at radius 2 is 2.00 bits per heavy atom. The summed E-state index contributed by atoms with van der Waals surface area (Å²) in [6, 6.07) is 11.2. The van der Waals surface area contributed by atoms with Gasteiger partial charge in [0.25, 0.3) is 0 Å². The number of piperidine rings is 1. The lowest BCUT2D eigenvalue weighted by atomic mass is 9.98. The first-order valence-corrected chi connectivity index (χ1v) is 11.6. The van der Waals surface area contributed by atoms with E-state index in [4.69, 9.17) is 4.98 Å². The second kappa shape index (κ2) is 9.29. The highest BCUT2D eigenvalue weighted by Gasteiger charge is 2.22. The summed E-state index contributed by atoms with van der Waals surface area (Å²) in [4.78, 5) is 22.4. The highest BCUT2D eigenvalue weighted by molar-refractivity contribution is 6.24. The van der Waals surface area contributed by atoms with Gasteiger partial charge in [0.05, 0.1) is 5.69 Å². The number of Topliss-reactive ketones (excluding diaryl/α,β-unsaturated/α-hetero) is 1. The number of aromatic nitrogens is 2. The van der Waals surface area contributed by atoms with E-state index in [0.717, 1.165) is 35.6 Å². The Labute approximate surface area is 191 Å². The molecule has 5 nitrogen and oxygen atoms in total. The van der Waals surface area contributed by atoms with Crippen LogP contribution in [0.1, 0.15) is 48.6 Å². The first-order chi connectivity index (χ1) is 15.4. The third-order valence-electron chi connectivity index (χ3n) is 6.54. The van der Waals surface area contributed by atoms with E-state index >= 15 is 0 Å². The summed E-state index contributed by atoms with van der Waals surface area (Å²) in [6.07, 6.45) is 8.93. The molecule has 0 aliphatic carbocycles. The van der Waals surface area contributed by atoms with Crippen LogP contribution in [-0.4, -0.2) is 53.3 Å². The normalized spacial score (nSPS) is 17.4. The highest BCUT2D eigenvalue weighted by Crippen LogP contribution is 2.27. The van der Waals surface area contributed by atoms with E-state index in [1.54, 1.807) is 0 Å². The third kappa shape index (κ3) is 4.63. The molecule has 1 fully saturated rings. The number of pyridine rings is 1. The summed E-state index contributed by atoms with van der Waals surface area (Å²) >= 11 is 0. The predicted molar refractivity (Wildman–Crippen MR) is 133 cm³/mol. The van der Waals surface area contributed by atoms with Crippen molar-refractivity contribution in [1.29, 1.82) is 0 Å². The third-order valence-corrected chi connectivity index (χ3v) is 6.54. The van der Waals surface area contributed by atoms with Gasteiger partial charge < -0.3 is 14.2 Å². The maximum absolute atomic E-state index is 12.9. The van der Waals surface area contributed by atoms with Crippen LogP contribution in [0, 0.1) is 13.8 Å². The molecule has 0 N–H and O–H groups in total. The van der Waals surface area contributed by atoms with E-state index < -0.39 is 0 Å². The van der Waals surface area contributed by atoms with Gasteiger partial charge in [0.1, 0.15) is 5.65 Å². The van der Waals surface area contributed by atoms with E-state index in [2.05, 4.69) is 55.9 Å². The van der Waals surface area contributed by atoms with E-state index in [9.17, 15) is 4.79 Å². The van der Waals surface area contributed by atoms with Gasteiger partial charge in [0, 0.05) is 49.2 Å². The number of carbonyl (C=O) groups is 1. The number of carbonyl (C=O) groups excluding carboxylic acids is 1. The van der Waals surface area contributed by atoms with Crippen LogP contribution >= 0.6 is 0 Å². The summed E-state index contributed by atoms with van der Waals surface area (Å²) in [5.74, 6) is 0.110. The molecule has 0 radical (unpaired) electrons. The second-order valence-corrected chi connectivity index (χ2v) is 9.18. The number of ketones is 1. The second-order valence-electron chi connectivity index (χ2n) is 9.18. The number of hydrogen-bond donors (Lipinski definition) is 0.